The van der Waals surface area contributed by atoms with Crippen LogP contribution in [0.25, 0.3) is 0 Å². The smallest absolute Gasteiger partial charge is 0.123 e. The first-order valence-electron chi connectivity index (χ1n) is 6.80. The van der Waals surface area contributed by atoms with Crippen molar-refractivity contribution in [3.8, 4) is 11.5 Å². The second-order valence-electron chi connectivity index (χ2n) is 5.90. The van der Waals surface area contributed by atoms with Gasteiger partial charge in [0.1, 0.15) is 17.6 Å². The van der Waals surface area contributed by atoms with Crippen LogP contribution in [0.1, 0.15) is 32.3 Å². The molecule has 0 aliphatic carbocycles. The normalized spacial score (nSPS) is 22.3. The fourth-order valence-corrected chi connectivity index (χ4v) is 2.68. The van der Waals surface area contributed by atoms with E-state index in [1.165, 1.54) is 5.56 Å². The van der Waals surface area contributed by atoms with Crippen molar-refractivity contribution in [2.24, 2.45) is 0 Å². The molecule has 0 radical (unpaired) electrons. The number of fused-ring (bicyclic) bond motifs is 1. The van der Waals surface area contributed by atoms with E-state index in [0.29, 0.717) is 6.10 Å². The van der Waals surface area contributed by atoms with Crippen LogP contribution in [-0.2, 0) is 5.41 Å². The molecule has 0 saturated carbocycles. The van der Waals surface area contributed by atoms with Crippen LogP contribution >= 0.6 is 0 Å². The lowest BCUT2D eigenvalue weighted by molar-refractivity contribution is 0.162. The van der Waals surface area contributed by atoms with Gasteiger partial charge in [-0.2, -0.15) is 0 Å². The van der Waals surface area contributed by atoms with Crippen LogP contribution in [0.4, 0.5) is 0 Å². The Balaban J connectivity index is 1.78. The van der Waals surface area contributed by atoms with Gasteiger partial charge < -0.3 is 14.8 Å². The van der Waals surface area contributed by atoms with E-state index in [9.17, 15) is 0 Å². The summed E-state index contributed by atoms with van der Waals surface area (Å²) in [5.74, 6) is 2.00. The Morgan fingerprint density at radius 2 is 2.06 bits per heavy atom. The van der Waals surface area contributed by atoms with Crippen molar-refractivity contribution in [3.63, 3.8) is 0 Å². The molecule has 0 unspecified atom stereocenters. The molecule has 3 nitrogen and oxygen atoms in total. The van der Waals surface area contributed by atoms with Crippen LogP contribution in [0, 0.1) is 0 Å². The molecule has 2 heterocycles. The third kappa shape index (κ3) is 2.19. The van der Waals surface area contributed by atoms with Crippen LogP contribution in [0.15, 0.2) is 18.2 Å². The molecule has 1 fully saturated rings. The molecule has 2 aliphatic heterocycles. The lowest BCUT2D eigenvalue weighted by Crippen LogP contribution is -2.34. The number of nitrogens with one attached hydrogen (secondary N) is 1. The summed E-state index contributed by atoms with van der Waals surface area (Å²) < 4.78 is 11.8. The minimum absolute atomic E-state index is 0.100. The van der Waals surface area contributed by atoms with E-state index in [1.54, 1.807) is 0 Å². The monoisotopic (exact) mass is 247 g/mol. The highest BCUT2D eigenvalue weighted by Gasteiger charge is 2.32. The summed E-state index contributed by atoms with van der Waals surface area (Å²) in [6, 6.07) is 6.23. The molecular formula is C15H21NO2. The largest absolute Gasteiger partial charge is 0.492 e. The van der Waals surface area contributed by atoms with Crippen molar-refractivity contribution in [1.29, 1.82) is 0 Å². The highest BCUT2D eigenvalue weighted by molar-refractivity contribution is 5.47. The van der Waals surface area contributed by atoms with E-state index < -0.39 is 0 Å². The maximum absolute atomic E-state index is 6.08. The van der Waals surface area contributed by atoms with Crippen molar-refractivity contribution in [2.45, 2.75) is 38.2 Å². The molecule has 0 spiro atoms. The van der Waals surface area contributed by atoms with Gasteiger partial charge in [-0.1, -0.05) is 13.8 Å². The topological polar surface area (TPSA) is 30.5 Å². The zero-order chi connectivity index (χ0) is 12.6. The average Bonchev–Trinajstić information content (AvgIpc) is 2.67. The second kappa shape index (κ2) is 4.47. The van der Waals surface area contributed by atoms with Gasteiger partial charge in [0, 0.05) is 11.0 Å². The van der Waals surface area contributed by atoms with Crippen molar-refractivity contribution in [2.75, 3.05) is 19.7 Å². The van der Waals surface area contributed by atoms with Gasteiger partial charge in [0.25, 0.3) is 0 Å². The van der Waals surface area contributed by atoms with Crippen LogP contribution in [0.2, 0.25) is 0 Å². The number of hydrogen-bond donors (Lipinski definition) is 1. The third-order valence-corrected chi connectivity index (χ3v) is 3.86. The molecule has 1 aromatic rings. The zero-order valence-corrected chi connectivity index (χ0v) is 11.2. The minimum atomic E-state index is 0.100. The summed E-state index contributed by atoms with van der Waals surface area (Å²) in [7, 11) is 0. The maximum Gasteiger partial charge on any atom is 0.123 e. The van der Waals surface area contributed by atoms with E-state index in [1.807, 2.05) is 12.1 Å². The van der Waals surface area contributed by atoms with Crippen LogP contribution in [-0.4, -0.2) is 25.8 Å². The molecule has 3 rings (SSSR count). The number of ether oxygens (including phenoxy) is 2. The molecule has 0 atom stereocenters. The van der Waals surface area contributed by atoms with Gasteiger partial charge in [0.2, 0.25) is 0 Å². The van der Waals surface area contributed by atoms with Crippen molar-refractivity contribution in [3.05, 3.63) is 23.8 Å². The lowest BCUT2D eigenvalue weighted by atomic mass is 9.87. The van der Waals surface area contributed by atoms with Crippen LogP contribution in [0.5, 0.6) is 11.5 Å². The van der Waals surface area contributed by atoms with Crippen molar-refractivity contribution in [1.82, 2.24) is 5.32 Å². The standard InChI is InChI=1S/C15H21NO2/c1-15(2)10-17-14-4-3-12(9-13(14)15)18-11-5-7-16-8-6-11/h3-4,9,11,16H,5-8,10H2,1-2H3. The van der Waals surface area contributed by atoms with E-state index in [4.69, 9.17) is 9.47 Å². The molecule has 0 aromatic heterocycles. The molecule has 0 bridgehead atoms. The number of benzene rings is 1. The molecule has 0 amide bonds. The summed E-state index contributed by atoms with van der Waals surface area (Å²) in [6.45, 7) is 7.31. The Kier molecular flexibility index (Phi) is 2.94. The third-order valence-electron chi connectivity index (χ3n) is 3.86. The molecule has 3 heteroatoms. The highest BCUT2D eigenvalue weighted by Crippen LogP contribution is 2.40. The average molecular weight is 247 g/mol. The Morgan fingerprint density at radius 3 is 2.83 bits per heavy atom. The van der Waals surface area contributed by atoms with Gasteiger partial charge in [-0.25, -0.2) is 0 Å². The van der Waals surface area contributed by atoms with Gasteiger partial charge >= 0.3 is 0 Å². The van der Waals surface area contributed by atoms with Gasteiger partial charge in [-0.05, 0) is 44.1 Å². The summed E-state index contributed by atoms with van der Waals surface area (Å²) >= 11 is 0. The summed E-state index contributed by atoms with van der Waals surface area (Å²) in [5, 5.41) is 3.36. The number of rotatable bonds is 2. The van der Waals surface area contributed by atoms with Gasteiger partial charge in [0.15, 0.2) is 0 Å². The molecule has 1 saturated heterocycles. The summed E-state index contributed by atoms with van der Waals surface area (Å²) in [4.78, 5) is 0. The van der Waals surface area contributed by atoms with Gasteiger partial charge in [-0.15, -0.1) is 0 Å². The number of hydrogen-bond acceptors (Lipinski definition) is 3. The Hall–Kier alpha value is -1.22. The molecule has 18 heavy (non-hydrogen) atoms. The van der Waals surface area contributed by atoms with E-state index in [-0.39, 0.29) is 5.41 Å². The van der Waals surface area contributed by atoms with Crippen molar-refractivity contribution >= 4 is 0 Å². The van der Waals surface area contributed by atoms with E-state index in [0.717, 1.165) is 44.0 Å². The zero-order valence-electron chi connectivity index (χ0n) is 11.2. The SMILES string of the molecule is CC1(C)COc2ccc(OC3CCNCC3)cc21. The summed E-state index contributed by atoms with van der Waals surface area (Å²) in [6.07, 6.45) is 2.54. The quantitative estimate of drug-likeness (QED) is 0.871. The maximum atomic E-state index is 6.08. The molecular weight excluding hydrogens is 226 g/mol. The molecule has 1 N–H and O–H groups in total. The van der Waals surface area contributed by atoms with E-state index in [2.05, 4.69) is 25.2 Å². The van der Waals surface area contributed by atoms with E-state index >= 15 is 0 Å². The highest BCUT2D eigenvalue weighted by atomic mass is 16.5. The summed E-state index contributed by atoms with van der Waals surface area (Å²) in [5.41, 5.74) is 1.37. The Bertz CT molecular complexity index is 436. The Morgan fingerprint density at radius 1 is 1.28 bits per heavy atom. The minimum Gasteiger partial charge on any atom is -0.492 e. The predicted octanol–water partition coefficient (Wildman–Crippen LogP) is 2.49. The first-order valence-corrected chi connectivity index (χ1v) is 6.80. The van der Waals surface area contributed by atoms with Crippen molar-refractivity contribution < 1.29 is 9.47 Å². The lowest BCUT2D eigenvalue weighted by Gasteiger charge is -2.24. The first-order chi connectivity index (χ1) is 8.65. The number of piperidine rings is 1. The fourth-order valence-electron chi connectivity index (χ4n) is 2.68. The first kappa shape index (κ1) is 11.8. The van der Waals surface area contributed by atoms with Crippen LogP contribution < -0.4 is 14.8 Å². The molecule has 1 aromatic carbocycles. The Labute approximate surface area is 108 Å². The van der Waals surface area contributed by atoms with Crippen LogP contribution in [0.3, 0.4) is 0 Å². The predicted molar refractivity (Wildman–Crippen MR) is 71.5 cm³/mol. The van der Waals surface area contributed by atoms with Gasteiger partial charge in [0.05, 0.1) is 6.61 Å². The molecule has 98 valence electrons. The van der Waals surface area contributed by atoms with Gasteiger partial charge in [-0.3, -0.25) is 0 Å². The fraction of sp³-hybridized carbons (Fsp3) is 0.600. The second-order valence-corrected chi connectivity index (χ2v) is 5.90. The molecule has 2 aliphatic rings.